The van der Waals surface area contributed by atoms with Crippen LogP contribution in [-0.4, -0.2) is 31.1 Å². The summed E-state index contributed by atoms with van der Waals surface area (Å²) in [4.78, 5) is 24.6. The van der Waals surface area contributed by atoms with Crippen molar-refractivity contribution < 1.29 is 19.1 Å². The van der Waals surface area contributed by atoms with Gasteiger partial charge in [0.1, 0.15) is 0 Å². The maximum absolute atomic E-state index is 12.3. The molecular formula is C22H26N2O4. The third-order valence-electron chi connectivity index (χ3n) is 4.31. The number of hydrogen-bond donors (Lipinski definition) is 2. The zero-order chi connectivity index (χ0) is 19.8. The first-order valence-electron chi connectivity index (χ1n) is 9.71. The Morgan fingerprint density at radius 1 is 1.00 bits per heavy atom. The number of anilines is 1. The second-order valence-corrected chi connectivity index (χ2v) is 6.67. The number of carbonyl (C=O) groups excluding carboxylic acids is 2. The molecule has 0 radical (unpaired) electrons. The first kappa shape index (κ1) is 19.7. The lowest BCUT2D eigenvalue weighted by Crippen LogP contribution is -2.27. The van der Waals surface area contributed by atoms with Crippen LogP contribution in [0.15, 0.2) is 48.5 Å². The number of rotatable bonds is 10. The summed E-state index contributed by atoms with van der Waals surface area (Å²) < 4.78 is 11.3. The lowest BCUT2D eigenvalue weighted by Gasteiger charge is -2.12. The van der Waals surface area contributed by atoms with Gasteiger partial charge in [0, 0.05) is 12.5 Å². The van der Waals surface area contributed by atoms with Crippen molar-refractivity contribution in [2.45, 2.75) is 38.6 Å². The Labute approximate surface area is 165 Å². The van der Waals surface area contributed by atoms with Gasteiger partial charge >= 0.3 is 0 Å². The molecule has 1 aliphatic carbocycles. The van der Waals surface area contributed by atoms with E-state index in [-0.39, 0.29) is 17.9 Å². The third-order valence-corrected chi connectivity index (χ3v) is 4.31. The van der Waals surface area contributed by atoms with Gasteiger partial charge in [0.25, 0.3) is 5.91 Å². The molecule has 0 unspecified atom stereocenters. The molecule has 2 N–H and O–H groups in total. The number of carbonyl (C=O) groups is 2. The van der Waals surface area contributed by atoms with Gasteiger partial charge in [-0.25, -0.2) is 0 Å². The number of para-hydroxylation sites is 3. The molecule has 1 saturated carbocycles. The van der Waals surface area contributed by atoms with Gasteiger partial charge in [-0.15, -0.1) is 0 Å². The monoisotopic (exact) mass is 382 g/mol. The molecule has 6 heteroatoms. The van der Waals surface area contributed by atoms with Crippen LogP contribution >= 0.6 is 0 Å². The van der Waals surface area contributed by atoms with Gasteiger partial charge in [-0.05, 0) is 50.5 Å². The van der Waals surface area contributed by atoms with Crippen LogP contribution in [0.3, 0.4) is 0 Å². The average molecular weight is 382 g/mol. The zero-order valence-electron chi connectivity index (χ0n) is 16.1. The zero-order valence-corrected chi connectivity index (χ0v) is 16.1. The molecule has 2 amide bonds. The topological polar surface area (TPSA) is 76.7 Å². The van der Waals surface area contributed by atoms with Crippen molar-refractivity contribution in [3.63, 3.8) is 0 Å². The van der Waals surface area contributed by atoms with Crippen molar-refractivity contribution in [2.75, 3.05) is 18.5 Å². The van der Waals surface area contributed by atoms with E-state index in [1.165, 1.54) is 0 Å². The second-order valence-electron chi connectivity index (χ2n) is 6.67. The Balaban J connectivity index is 1.47. The summed E-state index contributed by atoms with van der Waals surface area (Å²) in [7, 11) is 0. The van der Waals surface area contributed by atoms with Crippen LogP contribution in [0.5, 0.6) is 11.5 Å². The summed E-state index contributed by atoms with van der Waals surface area (Å²) in [5.74, 6) is 1.08. The summed E-state index contributed by atoms with van der Waals surface area (Å²) >= 11 is 0. The van der Waals surface area contributed by atoms with Crippen molar-refractivity contribution in [3.05, 3.63) is 54.1 Å². The molecule has 0 aromatic heterocycles. The number of hydrogen-bond acceptors (Lipinski definition) is 4. The van der Waals surface area contributed by atoms with Crippen molar-refractivity contribution in [1.82, 2.24) is 5.32 Å². The van der Waals surface area contributed by atoms with E-state index in [4.69, 9.17) is 9.47 Å². The van der Waals surface area contributed by atoms with Crippen LogP contribution in [-0.2, 0) is 4.79 Å². The van der Waals surface area contributed by atoms with Gasteiger partial charge < -0.3 is 20.1 Å². The van der Waals surface area contributed by atoms with E-state index in [2.05, 4.69) is 10.6 Å². The Morgan fingerprint density at radius 3 is 2.39 bits per heavy atom. The summed E-state index contributed by atoms with van der Waals surface area (Å²) in [6.45, 7) is 2.89. The maximum atomic E-state index is 12.3. The average Bonchev–Trinajstić information content (AvgIpc) is 3.51. The van der Waals surface area contributed by atoms with E-state index in [1.54, 1.807) is 24.3 Å². The fraction of sp³-hybridized carbons (Fsp3) is 0.364. The van der Waals surface area contributed by atoms with Crippen molar-refractivity contribution >= 4 is 17.5 Å². The van der Waals surface area contributed by atoms with E-state index < -0.39 is 0 Å². The largest absolute Gasteiger partial charge is 0.490 e. The van der Waals surface area contributed by atoms with E-state index in [9.17, 15) is 9.59 Å². The van der Waals surface area contributed by atoms with E-state index >= 15 is 0 Å². The first-order valence-corrected chi connectivity index (χ1v) is 9.71. The smallest absolute Gasteiger partial charge is 0.253 e. The molecule has 0 saturated heterocycles. The van der Waals surface area contributed by atoms with Crippen molar-refractivity contribution in [1.29, 1.82) is 0 Å². The Morgan fingerprint density at radius 2 is 1.68 bits per heavy atom. The second kappa shape index (κ2) is 9.78. The maximum Gasteiger partial charge on any atom is 0.253 e. The molecule has 2 aromatic carbocycles. The van der Waals surface area contributed by atoms with Crippen LogP contribution in [0.4, 0.5) is 5.69 Å². The Kier molecular flexibility index (Phi) is 6.89. The molecule has 2 aromatic rings. The lowest BCUT2D eigenvalue weighted by molar-refractivity contribution is -0.116. The molecule has 1 fully saturated rings. The van der Waals surface area contributed by atoms with E-state index in [0.29, 0.717) is 48.8 Å². The molecule has 0 bridgehead atoms. The summed E-state index contributed by atoms with van der Waals surface area (Å²) in [6.07, 6.45) is 2.90. The van der Waals surface area contributed by atoms with Crippen LogP contribution in [0.25, 0.3) is 0 Å². The number of amides is 2. The quantitative estimate of drug-likeness (QED) is 0.613. The minimum Gasteiger partial charge on any atom is -0.490 e. The first-order chi connectivity index (χ1) is 13.7. The highest BCUT2D eigenvalue weighted by Crippen LogP contribution is 2.26. The molecule has 0 atom stereocenters. The summed E-state index contributed by atoms with van der Waals surface area (Å²) in [5, 5.41) is 5.78. The van der Waals surface area contributed by atoms with Gasteiger partial charge in [0.15, 0.2) is 11.5 Å². The third kappa shape index (κ3) is 5.74. The number of nitrogens with one attached hydrogen (secondary N) is 2. The molecule has 1 aliphatic rings. The van der Waals surface area contributed by atoms with Gasteiger partial charge in [-0.3, -0.25) is 9.59 Å². The Hall–Kier alpha value is -3.02. The van der Waals surface area contributed by atoms with Gasteiger partial charge in [-0.1, -0.05) is 24.3 Å². The van der Waals surface area contributed by atoms with Gasteiger partial charge in [-0.2, -0.15) is 0 Å². The standard InChI is InChI=1S/C22H26N2O4/c1-2-27-19-10-5-6-11-20(19)28-15-7-12-21(25)24-18-9-4-3-8-17(18)22(26)23-16-13-14-16/h3-6,8-11,16H,2,7,12-15H2,1H3,(H,23,26)(H,24,25). The van der Waals surface area contributed by atoms with Crippen LogP contribution < -0.4 is 20.1 Å². The highest BCUT2D eigenvalue weighted by Gasteiger charge is 2.24. The Bertz CT molecular complexity index is 818. The summed E-state index contributed by atoms with van der Waals surface area (Å²) in [6, 6.07) is 14.8. The normalized spacial score (nSPS) is 12.9. The highest BCUT2D eigenvalue weighted by atomic mass is 16.5. The highest BCUT2D eigenvalue weighted by molar-refractivity contribution is 6.03. The van der Waals surface area contributed by atoms with Crippen LogP contribution in [0.1, 0.15) is 43.0 Å². The number of ether oxygens (including phenoxy) is 2. The summed E-state index contributed by atoms with van der Waals surface area (Å²) in [5.41, 5.74) is 1.03. The van der Waals surface area contributed by atoms with Crippen LogP contribution in [0, 0.1) is 0 Å². The van der Waals surface area contributed by atoms with E-state index in [1.807, 2.05) is 31.2 Å². The number of benzene rings is 2. The fourth-order valence-corrected chi connectivity index (χ4v) is 2.75. The van der Waals surface area contributed by atoms with Gasteiger partial charge in [0.2, 0.25) is 5.91 Å². The SMILES string of the molecule is CCOc1ccccc1OCCCC(=O)Nc1ccccc1C(=O)NC1CC1. The minimum atomic E-state index is -0.145. The molecule has 28 heavy (non-hydrogen) atoms. The molecule has 0 aliphatic heterocycles. The fourth-order valence-electron chi connectivity index (χ4n) is 2.75. The molecule has 148 valence electrons. The van der Waals surface area contributed by atoms with Crippen molar-refractivity contribution in [3.8, 4) is 11.5 Å². The molecule has 3 rings (SSSR count). The molecule has 6 nitrogen and oxygen atoms in total. The van der Waals surface area contributed by atoms with E-state index in [0.717, 1.165) is 12.8 Å². The predicted molar refractivity (Wildman–Crippen MR) is 108 cm³/mol. The van der Waals surface area contributed by atoms with Crippen molar-refractivity contribution in [2.24, 2.45) is 0 Å². The molecule has 0 spiro atoms. The van der Waals surface area contributed by atoms with Crippen LogP contribution in [0.2, 0.25) is 0 Å². The predicted octanol–water partition coefficient (Wildman–Crippen LogP) is 3.78. The molecular weight excluding hydrogens is 356 g/mol. The van der Waals surface area contributed by atoms with Gasteiger partial charge in [0.05, 0.1) is 24.5 Å². The molecule has 0 heterocycles. The minimum absolute atomic E-state index is 0.144. The lowest BCUT2D eigenvalue weighted by atomic mass is 10.1.